The van der Waals surface area contributed by atoms with E-state index in [4.69, 9.17) is 9.97 Å². The normalized spacial score (nSPS) is 12.9. The van der Waals surface area contributed by atoms with E-state index in [-0.39, 0.29) is 0 Å². The summed E-state index contributed by atoms with van der Waals surface area (Å²) in [7, 11) is 0. The molecule has 8 heteroatoms. The molecule has 0 amide bonds. The predicted octanol–water partition coefficient (Wildman–Crippen LogP) is 18.3. The number of rotatable bonds is 6. The number of hydrogen-bond acceptors (Lipinski definition) is 6. The van der Waals surface area contributed by atoms with Gasteiger partial charge in [-0.2, -0.15) is 0 Å². The van der Waals surface area contributed by atoms with Gasteiger partial charge in [0.15, 0.2) is 0 Å². The summed E-state index contributed by atoms with van der Waals surface area (Å²) in [4.78, 5) is 19.9. The van der Waals surface area contributed by atoms with E-state index < -0.39 is 0 Å². The lowest BCUT2D eigenvalue weighted by Gasteiger charge is -2.40. The molecule has 76 heavy (non-hydrogen) atoms. The second-order valence-electron chi connectivity index (χ2n) is 19.4. The van der Waals surface area contributed by atoms with Crippen LogP contribution in [-0.4, -0.2) is 19.1 Å². The quantitative estimate of drug-likeness (QED) is 0.165. The van der Waals surface area contributed by atoms with Gasteiger partial charge < -0.3 is 28.7 Å². The third-order valence-corrected chi connectivity index (χ3v) is 15.4. The van der Waals surface area contributed by atoms with Gasteiger partial charge in [-0.15, -0.1) is 0 Å². The molecule has 0 atom stereocenters. The molecule has 11 aromatic carbocycles. The maximum atomic E-state index is 5.18. The number of fused-ring (bicyclic) bond motifs is 11. The third kappa shape index (κ3) is 6.12. The topological polar surface area (TPSA) is 48.6 Å². The maximum absolute atomic E-state index is 5.18. The zero-order valence-corrected chi connectivity index (χ0v) is 41.0. The smallest absolute Gasteiger partial charge is 0.115 e. The summed E-state index contributed by atoms with van der Waals surface area (Å²) >= 11 is 0. The van der Waals surface area contributed by atoms with Crippen molar-refractivity contribution in [2.75, 3.05) is 19.6 Å². The minimum atomic E-state index is 0.818. The molecule has 0 spiro atoms. The van der Waals surface area contributed by atoms with Gasteiger partial charge in [-0.3, -0.25) is 9.97 Å². The molecule has 0 aliphatic carbocycles. The average molecular weight is 973 g/mol. The molecule has 2 aliphatic rings. The zero-order chi connectivity index (χ0) is 49.8. The van der Waals surface area contributed by atoms with Gasteiger partial charge in [0.2, 0.25) is 0 Å². The van der Waals surface area contributed by atoms with Gasteiger partial charge in [0.05, 0.1) is 78.9 Å². The van der Waals surface area contributed by atoms with Crippen molar-refractivity contribution in [1.29, 1.82) is 0 Å². The van der Waals surface area contributed by atoms with Crippen molar-refractivity contribution >= 4 is 123 Å². The fraction of sp³-hybridized carbons (Fsp3) is 0. The van der Waals surface area contributed by atoms with E-state index in [1.165, 1.54) is 0 Å². The highest BCUT2D eigenvalue weighted by molar-refractivity contribution is 6.15. The van der Waals surface area contributed by atoms with Crippen LogP contribution in [-0.2, 0) is 0 Å². The summed E-state index contributed by atoms with van der Waals surface area (Å²) in [6.45, 7) is 0. The van der Waals surface area contributed by atoms with Crippen molar-refractivity contribution in [1.82, 2.24) is 19.1 Å². The van der Waals surface area contributed by atoms with Crippen LogP contribution in [0.1, 0.15) is 0 Å². The van der Waals surface area contributed by atoms with Gasteiger partial charge >= 0.3 is 0 Å². The van der Waals surface area contributed by atoms with Gasteiger partial charge in [-0.25, -0.2) is 0 Å². The molecule has 0 bridgehead atoms. The van der Waals surface area contributed by atoms with E-state index >= 15 is 0 Å². The summed E-state index contributed by atoms with van der Waals surface area (Å²) in [6.07, 6.45) is 3.63. The molecular formula is C68H44N8. The van der Waals surface area contributed by atoms with Crippen LogP contribution in [0.25, 0.3) is 66.0 Å². The molecule has 14 aromatic rings. The first-order chi connectivity index (χ1) is 37.8. The second-order valence-corrected chi connectivity index (χ2v) is 19.4. The number of hydrogen-bond donors (Lipinski definition) is 0. The van der Waals surface area contributed by atoms with Crippen LogP contribution in [0, 0.1) is 0 Å². The Morgan fingerprint density at radius 3 is 0.855 bits per heavy atom. The van der Waals surface area contributed by atoms with Gasteiger partial charge in [0, 0.05) is 56.7 Å². The number of nitrogens with zero attached hydrogens (tertiary/aromatic N) is 8. The summed E-state index contributed by atoms with van der Waals surface area (Å²) in [6, 6.07) is 91.8. The third-order valence-electron chi connectivity index (χ3n) is 15.4. The molecule has 5 heterocycles. The van der Waals surface area contributed by atoms with E-state index in [1.807, 2.05) is 12.4 Å². The Morgan fingerprint density at radius 1 is 0.211 bits per heavy atom. The zero-order valence-electron chi connectivity index (χ0n) is 41.0. The summed E-state index contributed by atoms with van der Waals surface area (Å²) < 4.78 is 4.74. The highest BCUT2D eigenvalue weighted by Gasteiger charge is 2.33. The predicted molar refractivity (Wildman–Crippen MR) is 314 cm³/mol. The Morgan fingerprint density at radius 2 is 0.500 bits per heavy atom. The van der Waals surface area contributed by atoms with Crippen LogP contribution in [0.2, 0.25) is 0 Å². The maximum Gasteiger partial charge on any atom is 0.115 e. The van der Waals surface area contributed by atoms with Crippen LogP contribution in [0.3, 0.4) is 0 Å². The van der Waals surface area contributed by atoms with Gasteiger partial charge in [-0.05, 0) is 133 Å². The minimum Gasteiger partial charge on any atom is -0.307 e. The first-order valence-electron chi connectivity index (χ1n) is 25.7. The Balaban J connectivity index is 0.845. The molecule has 0 saturated carbocycles. The largest absolute Gasteiger partial charge is 0.307 e. The van der Waals surface area contributed by atoms with Crippen molar-refractivity contribution in [3.05, 3.63) is 267 Å². The van der Waals surface area contributed by atoms with Crippen molar-refractivity contribution < 1.29 is 0 Å². The van der Waals surface area contributed by atoms with Crippen LogP contribution in [0.5, 0.6) is 0 Å². The molecule has 16 rings (SSSR count). The van der Waals surface area contributed by atoms with Gasteiger partial charge in [0.25, 0.3) is 0 Å². The lowest BCUT2D eigenvalue weighted by Crippen LogP contribution is -2.23. The summed E-state index contributed by atoms with van der Waals surface area (Å²) in [5.41, 5.74) is 21.3. The Kier molecular flexibility index (Phi) is 9.17. The van der Waals surface area contributed by atoms with Crippen molar-refractivity contribution in [2.45, 2.75) is 0 Å². The Labute approximate surface area is 438 Å². The van der Waals surface area contributed by atoms with E-state index in [0.717, 1.165) is 134 Å². The Hall–Kier alpha value is -10.4. The molecule has 0 N–H and O–H groups in total. The molecule has 0 radical (unpaired) electrons. The molecule has 0 fully saturated rings. The highest BCUT2D eigenvalue weighted by atomic mass is 15.3. The number of para-hydroxylation sites is 12. The fourth-order valence-corrected chi connectivity index (χ4v) is 12.3. The van der Waals surface area contributed by atoms with E-state index in [1.54, 1.807) is 0 Å². The van der Waals surface area contributed by atoms with Crippen LogP contribution in [0.15, 0.2) is 267 Å². The van der Waals surface area contributed by atoms with E-state index in [9.17, 15) is 0 Å². The molecule has 2 aliphatic heterocycles. The van der Waals surface area contributed by atoms with Crippen molar-refractivity contribution in [3.8, 4) is 11.4 Å². The second kappa shape index (κ2) is 16.5. The molecule has 356 valence electrons. The number of benzene rings is 11. The number of aromatic nitrogens is 4. The van der Waals surface area contributed by atoms with Gasteiger partial charge in [0.1, 0.15) is 11.0 Å². The first-order valence-corrected chi connectivity index (χ1v) is 25.7. The molecule has 0 saturated heterocycles. The first kappa shape index (κ1) is 42.1. The number of anilines is 12. The fourth-order valence-electron chi connectivity index (χ4n) is 12.3. The monoisotopic (exact) mass is 972 g/mol. The van der Waals surface area contributed by atoms with Crippen LogP contribution >= 0.6 is 0 Å². The lowest BCUT2D eigenvalue weighted by molar-refractivity contribution is 1.13. The molecular weight excluding hydrogens is 929 g/mol. The SMILES string of the molecule is c1ccc(N2c3ccccc3N(c3ccc4c(c3)c3ccccc3n4-c3ccc(-n4c5ccccc5c5cc(N6c7ccccc7N(c7ccccc7)c7ccccc76)ccc54)c4nccnc34)c3ccccc32)cc1. The van der Waals surface area contributed by atoms with Crippen molar-refractivity contribution in [3.63, 3.8) is 0 Å². The highest BCUT2D eigenvalue weighted by Crippen LogP contribution is 2.56. The molecule has 0 unspecified atom stereocenters. The average Bonchev–Trinajstić information content (AvgIpc) is 4.02. The lowest BCUT2D eigenvalue weighted by atomic mass is 10.0. The standard InChI is InChI=1S/C68H44N8/c1-3-19-45(20-4-1)71-57-27-11-15-31-61(57)73(62-32-16-12-28-58(62)71)47-35-37-55-51(43-47)49-23-7-9-25-53(49)75(55)65-39-40-66(68-67(65)69-41-42-70-68)76-54-26-10-8-24-50(54)52-44-48(36-38-56(52)76)74-63-33-17-13-29-59(63)72(46-21-5-2-6-22-46)60-30-14-18-34-64(60)74/h1-44H. The van der Waals surface area contributed by atoms with Gasteiger partial charge in [-0.1, -0.05) is 121 Å². The summed E-state index contributed by atoms with van der Waals surface area (Å²) in [5, 5.41) is 4.63. The summed E-state index contributed by atoms with van der Waals surface area (Å²) in [5.74, 6) is 0. The molecule has 8 nitrogen and oxygen atoms in total. The van der Waals surface area contributed by atoms with E-state index in [0.29, 0.717) is 0 Å². The minimum absolute atomic E-state index is 0.818. The van der Waals surface area contributed by atoms with Crippen molar-refractivity contribution in [2.24, 2.45) is 0 Å². The van der Waals surface area contributed by atoms with E-state index in [2.05, 4.69) is 284 Å². The molecule has 3 aromatic heterocycles. The Bertz CT molecular complexity index is 4250. The van der Waals surface area contributed by atoms with Crippen LogP contribution in [0.4, 0.5) is 68.2 Å². The van der Waals surface area contributed by atoms with Crippen LogP contribution < -0.4 is 19.6 Å².